The Balaban J connectivity index is 2.82. The van der Waals surface area contributed by atoms with Gasteiger partial charge in [0.15, 0.2) is 11.5 Å². The van der Waals surface area contributed by atoms with Crippen molar-refractivity contribution in [2.24, 2.45) is 5.73 Å². The maximum absolute atomic E-state index is 11.8. The van der Waals surface area contributed by atoms with E-state index in [0.29, 0.717) is 36.6 Å². The van der Waals surface area contributed by atoms with Crippen molar-refractivity contribution in [2.75, 3.05) is 27.9 Å². The summed E-state index contributed by atoms with van der Waals surface area (Å²) in [6.45, 7) is 2.29. The average Bonchev–Trinajstić information content (AvgIpc) is 2.51. The molecule has 1 aromatic rings. The third-order valence-electron chi connectivity index (χ3n) is 3.17. The first-order valence-electron chi connectivity index (χ1n) is 6.84. The molecule has 0 aromatic heterocycles. The molecule has 0 bridgehead atoms. The molecule has 0 aliphatic rings. The van der Waals surface area contributed by atoms with Crippen molar-refractivity contribution in [1.82, 2.24) is 5.32 Å². The number of rotatable bonds is 8. The van der Waals surface area contributed by atoms with E-state index in [1.165, 1.54) is 0 Å². The van der Waals surface area contributed by atoms with E-state index >= 15 is 0 Å². The van der Waals surface area contributed by atoms with Gasteiger partial charge in [0.05, 0.1) is 21.3 Å². The highest BCUT2D eigenvalue weighted by Gasteiger charge is 2.16. The molecular formula is C15H24N2O4. The molecule has 0 saturated heterocycles. The summed E-state index contributed by atoms with van der Waals surface area (Å²) in [4.78, 5) is 11.8. The first-order valence-corrected chi connectivity index (χ1v) is 6.84. The van der Waals surface area contributed by atoms with Crippen molar-refractivity contribution < 1.29 is 19.0 Å². The van der Waals surface area contributed by atoms with Crippen LogP contribution in [0.5, 0.6) is 17.2 Å². The molecule has 0 saturated carbocycles. The Bertz CT molecular complexity index is 477. The zero-order chi connectivity index (χ0) is 15.8. The Morgan fingerprint density at radius 3 is 2.38 bits per heavy atom. The van der Waals surface area contributed by atoms with Crippen molar-refractivity contribution in [1.29, 1.82) is 0 Å². The second-order valence-corrected chi connectivity index (χ2v) is 4.70. The van der Waals surface area contributed by atoms with Crippen molar-refractivity contribution >= 4 is 5.91 Å². The molecule has 0 aliphatic heterocycles. The molecule has 0 aliphatic carbocycles. The zero-order valence-electron chi connectivity index (χ0n) is 13.1. The number of aryl methyl sites for hydroxylation is 1. The zero-order valence-corrected chi connectivity index (χ0v) is 13.1. The quantitative estimate of drug-likeness (QED) is 0.751. The molecule has 0 heterocycles. The number of amides is 1. The molecule has 0 radical (unpaired) electrons. The van der Waals surface area contributed by atoms with Crippen LogP contribution >= 0.6 is 0 Å². The van der Waals surface area contributed by atoms with Gasteiger partial charge in [-0.1, -0.05) is 6.07 Å². The summed E-state index contributed by atoms with van der Waals surface area (Å²) >= 11 is 0. The fourth-order valence-corrected chi connectivity index (χ4v) is 2.01. The molecule has 1 atom stereocenters. The van der Waals surface area contributed by atoms with Gasteiger partial charge in [-0.3, -0.25) is 4.79 Å². The Hall–Kier alpha value is -1.95. The van der Waals surface area contributed by atoms with Crippen LogP contribution in [0.4, 0.5) is 0 Å². The normalized spacial score (nSPS) is 11.7. The number of carbonyl (C=O) groups excluding carboxylic acids is 1. The molecule has 118 valence electrons. The minimum absolute atomic E-state index is 0.0233. The van der Waals surface area contributed by atoms with E-state index in [1.807, 2.05) is 13.0 Å². The van der Waals surface area contributed by atoms with Crippen molar-refractivity contribution in [2.45, 2.75) is 25.8 Å². The Morgan fingerprint density at radius 2 is 1.86 bits per heavy atom. The Morgan fingerprint density at radius 1 is 1.19 bits per heavy atom. The fourth-order valence-electron chi connectivity index (χ4n) is 2.01. The maximum atomic E-state index is 11.8. The second kappa shape index (κ2) is 8.36. The average molecular weight is 296 g/mol. The van der Waals surface area contributed by atoms with Crippen LogP contribution < -0.4 is 25.3 Å². The predicted molar refractivity (Wildman–Crippen MR) is 81.1 cm³/mol. The van der Waals surface area contributed by atoms with Crippen LogP contribution in [0.25, 0.3) is 0 Å². The van der Waals surface area contributed by atoms with Gasteiger partial charge in [0.25, 0.3) is 0 Å². The molecule has 0 fully saturated rings. The first kappa shape index (κ1) is 17.1. The number of benzene rings is 1. The Labute approximate surface area is 125 Å². The van der Waals surface area contributed by atoms with Crippen LogP contribution in [0.15, 0.2) is 12.1 Å². The van der Waals surface area contributed by atoms with Crippen LogP contribution in [0.1, 0.15) is 18.9 Å². The minimum Gasteiger partial charge on any atom is -0.493 e. The maximum Gasteiger partial charge on any atom is 0.220 e. The van der Waals surface area contributed by atoms with E-state index < -0.39 is 0 Å². The topological polar surface area (TPSA) is 82.8 Å². The van der Waals surface area contributed by atoms with Gasteiger partial charge in [0.1, 0.15) is 0 Å². The molecule has 1 aromatic carbocycles. The highest BCUT2D eigenvalue weighted by Crippen LogP contribution is 2.40. The lowest BCUT2D eigenvalue weighted by atomic mass is 10.1. The number of carbonyl (C=O) groups is 1. The van der Waals surface area contributed by atoms with Crippen LogP contribution in [0.3, 0.4) is 0 Å². The molecule has 21 heavy (non-hydrogen) atoms. The number of methoxy groups -OCH3 is 3. The number of nitrogens with two attached hydrogens (primary N) is 1. The molecule has 1 rings (SSSR count). The summed E-state index contributed by atoms with van der Waals surface area (Å²) in [6, 6.07) is 3.65. The van der Waals surface area contributed by atoms with Crippen LogP contribution in [-0.2, 0) is 11.2 Å². The lowest BCUT2D eigenvalue weighted by Gasteiger charge is -2.16. The molecule has 0 spiro atoms. The third-order valence-corrected chi connectivity index (χ3v) is 3.17. The largest absolute Gasteiger partial charge is 0.493 e. The summed E-state index contributed by atoms with van der Waals surface area (Å²) in [5, 5.41) is 2.83. The van der Waals surface area contributed by atoms with E-state index in [-0.39, 0.29) is 11.9 Å². The van der Waals surface area contributed by atoms with Crippen molar-refractivity contribution in [3.8, 4) is 17.2 Å². The summed E-state index contributed by atoms with van der Waals surface area (Å²) in [7, 11) is 4.69. The molecule has 0 unspecified atom stereocenters. The highest BCUT2D eigenvalue weighted by molar-refractivity contribution is 5.76. The SMILES string of the molecule is COc1ccc(CCC(=O)N[C@@H](C)CN)c(OC)c1OC. The summed E-state index contributed by atoms with van der Waals surface area (Å²) in [5.74, 6) is 1.69. The minimum atomic E-state index is -0.0372. The third kappa shape index (κ3) is 4.53. The van der Waals surface area contributed by atoms with Gasteiger partial charge in [-0.15, -0.1) is 0 Å². The van der Waals surface area contributed by atoms with Gasteiger partial charge in [0.2, 0.25) is 11.7 Å². The standard InChI is InChI=1S/C15H24N2O4/c1-10(9-16)17-13(18)8-6-11-5-7-12(19-2)15(21-4)14(11)20-3/h5,7,10H,6,8-9,16H2,1-4H3,(H,17,18)/t10-/m0/s1. The first-order chi connectivity index (χ1) is 10.1. The summed E-state index contributed by atoms with van der Waals surface area (Å²) in [6.07, 6.45) is 0.906. The van der Waals surface area contributed by atoms with Gasteiger partial charge in [0, 0.05) is 19.0 Å². The van der Waals surface area contributed by atoms with Crippen molar-refractivity contribution in [3.05, 3.63) is 17.7 Å². The van der Waals surface area contributed by atoms with Gasteiger partial charge < -0.3 is 25.3 Å². The van der Waals surface area contributed by atoms with E-state index in [1.54, 1.807) is 27.4 Å². The van der Waals surface area contributed by atoms with Gasteiger partial charge >= 0.3 is 0 Å². The number of hydrogen-bond donors (Lipinski definition) is 2. The van der Waals surface area contributed by atoms with E-state index in [0.717, 1.165) is 5.56 Å². The molecule has 6 heteroatoms. The molecular weight excluding hydrogens is 272 g/mol. The van der Waals surface area contributed by atoms with Crippen LogP contribution in [0.2, 0.25) is 0 Å². The lowest BCUT2D eigenvalue weighted by Crippen LogP contribution is -2.37. The molecule has 1 amide bonds. The molecule has 3 N–H and O–H groups in total. The number of ether oxygens (including phenoxy) is 3. The smallest absolute Gasteiger partial charge is 0.220 e. The van der Waals surface area contributed by atoms with E-state index in [4.69, 9.17) is 19.9 Å². The summed E-state index contributed by atoms with van der Waals surface area (Å²) in [5.41, 5.74) is 6.37. The number of nitrogens with one attached hydrogen (secondary N) is 1. The van der Waals surface area contributed by atoms with Gasteiger partial charge in [-0.2, -0.15) is 0 Å². The molecule has 6 nitrogen and oxygen atoms in total. The number of hydrogen-bond acceptors (Lipinski definition) is 5. The van der Waals surface area contributed by atoms with Crippen LogP contribution in [-0.4, -0.2) is 39.8 Å². The summed E-state index contributed by atoms with van der Waals surface area (Å²) < 4.78 is 15.9. The van der Waals surface area contributed by atoms with E-state index in [9.17, 15) is 4.79 Å². The van der Waals surface area contributed by atoms with Crippen molar-refractivity contribution in [3.63, 3.8) is 0 Å². The second-order valence-electron chi connectivity index (χ2n) is 4.70. The van der Waals surface area contributed by atoms with E-state index in [2.05, 4.69) is 5.32 Å². The van der Waals surface area contributed by atoms with Gasteiger partial charge in [-0.25, -0.2) is 0 Å². The fraction of sp³-hybridized carbons (Fsp3) is 0.533. The highest BCUT2D eigenvalue weighted by atomic mass is 16.5. The van der Waals surface area contributed by atoms with Crippen LogP contribution in [0, 0.1) is 0 Å². The van der Waals surface area contributed by atoms with Gasteiger partial charge in [-0.05, 0) is 25.0 Å². The Kier molecular flexibility index (Phi) is 6.81. The lowest BCUT2D eigenvalue weighted by molar-refractivity contribution is -0.121. The monoisotopic (exact) mass is 296 g/mol. The predicted octanol–water partition coefficient (Wildman–Crippen LogP) is 1.11.